The van der Waals surface area contributed by atoms with Crippen LogP contribution in [0.2, 0.25) is 0 Å². The predicted molar refractivity (Wildman–Crippen MR) is 116 cm³/mol. The summed E-state index contributed by atoms with van der Waals surface area (Å²) in [5.41, 5.74) is 3.03. The van der Waals surface area contributed by atoms with E-state index in [1.165, 1.54) is 28.6 Å². The van der Waals surface area contributed by atoms with Crippen LogP contribution in [0.5, 0.6) is 0 Å². The Hall–Kier alpha value is -3.23. The van der Waals surface area contributed by atoms with Gasteiger partial charge in [0.2, 0.25) is 0 Å². The molecule has 1 aliphatic rings. The van der Waals surface area contributed by atoms with Gasteiger partial charge in [-0.1, -0.05) is 48.5 Å². The van der Waals surface area contributed by atoms with E-state index in [1.807, 2.05) is 54.4 Å². The van der Waals surface area contributed by atoms with E-state index in [1.54, 1.807) is 6.07 Å². The Morgan fingerprint density at radius 1 is 0.900 bits per heavy atom. The van der Waals surface area contributed by atoms with E-state index in [4.69, 9.17) is 0 Å². The van der Waals surface area contributed by atoms with Crippen molar-refractivity contribution in [3.63, 3.8) is 0 Å². The van der Waals surface area contributed by atoms with Crippen LogP contribution < -0.4 is 4.31 Å². The zero-order chi connectivity index (χ0) is 21.3. The molecule has 0 bridgehead atoms. The molecule has 30 heavy (non-hydrogen) atoms. The first kappa shape index (κ1) is 20.1. The Balaban J connectivity index is 1.84. The van der Waals surface area contributed by atoms with E-state index < -0.39 is 20.6 Å². The Morgan fingerprint density at radius 3 is 2.33 bits per heavy atom. The van der Waals surface area contributed by atoms with Crippen molar-refractivity contribution >= 4 is 21.4 Å². The highest BCUT2D eigenvalue weighted by Crippen LogP contribution is 2.35. The number of fused-ring (bicyclic) bond motifs is 1. The molecule has 154 valence electrons. The number of anilines is 1. The molecule has 0 aromatic heterocycles. The fraction of sp³-hybridized carbons (Fsp3) is 0.182. The maximum absolute atomic E-state index is 13.5. The number of para-hydroxylation sites is 1. The second-order valence-electron chi connectivity index (χ2n) is 7.25. The van der Waals surface area contributed by atoms with Gasteiger partial charge < -0.3 is 4.90 Å². The topological polar surface area (TPSA) is 83.8 Å². The molecule has 0 saturated heterocycles. The van der Waals surface area contributed by atoms with Crippen LogP contribution in [0.1, 0.15) is 5.56 Å². The van der Waals surface area contributed by atoms with Gasteiger partial charge in [-0.2, -0.15) is 0 Å². The first-order valence-corrected chi connectivity index (χ1v) is 10.9. The van der Waals surface area contributed by atoms with Gasteiger partial charge in [-0.05, 0) is 41.9 Å². The molecule has 3 aromatic carbocycles. The lowest BCUT2D eigenvalue weighted by atomic mass is 10.0. The number of nitro groups is 1. The van der Waals surface area contributed by atoms with Crippen LogP contribution in [0.15, 0.2) is 77.7 Å². The minimum atomic E-state index is -4.11. The summed E-state index contributed by atoms with van der Waals surface area (Å²) in [4.78, 5) is 12.5. The molecule has 1 aliphatic heterocycles. The molecule has 3 aromatic rings. The number of nitrogens with zero attached hydrogens (tertiary/aromatic N) is 3. The summed E-state index contributed by atoms with van der Waals surface area (Å²) in [6, 6.07) is 21.0. The molecule has 4 rings (SSSR count). The molecular weight excluding hydrogens is 402 g/mol. The van der Waals surface area contributed by atoms with E-state index >= 15 is 0 Å². The second-order valence-corrected chi connectivity index (χ2v) is 9.08. The number of sulfonamides is 1. The third-order valence-corrected chi connectivity index (χ3v) is 7.07. The molecule has 0 aliphatic carbocycles. The SMILES string of the molecule is CN1CCN(S(=O)(=O)c2ccccc2[N+](=O)[O-])c2ccc(-c3ccccc3)cc2C1. The third-order valence-electron chi connectivity index (χ3n) is 5.21. The number of hydrogen-bond acceptors (Lipinski definition) is 5. The summed E-state index contributed by atoms with van der Waals surface area (Å²) in [6.45, 7) is 1.30. The van der Waals surface area contributed by atoms with Crippen molar-refractivity contribution < 1.29 is 13.3 Å². The van der Waals surface area contributed by atoms with Crippen LogP contribution >= 0.6 is 0 Å². The van der Waals surface area contributed by atoms with Crippen LogP contribution in [0.25, 0.3) is 11.1 Å². The Bertz CT molecular complexity index is 1200. The van der Waals surface area contributed by atoms with Gasteiger partial charge in [0.1, 0.15) is 0 Å². The summed E-state index contributed by atoms with van der Waals surface area (Å²) in [7, 11) is -2.18. The molecule has 0 saturated carbocycles. The number of hydrogen-bond donors (Lipinski definition) is 0. The summed E-state index contributed by atoms with van der Waals surface area (Å²) >= 11 is 0. The van der Waals surface area contributed by atoms with Crippen molar-refractivity contribution in [3.05, 3.63) is 88.5 Å². The van der Waals surface area contributed by atoms with Gasteiger partial charge in [-0.15, -0.1) is 0 Å². The van der Waals surface area contributed by atoms with Crippen LogP contribution in [0, 0.1) is 10.1 Å². The Labute approximate surface area is 175 Å². The van der Waals surface area contributed by atoms with Crippen molar-refractivity contribution in [1.82, 2.24) is 4.90 Å². The maximum Gasteiger partial charge on any atom is 0.289 e. The van der Waals surface area contributed by atoms with Crippen molar-refractivity contribution in [2.75, 3.05) is 24.4 Å². The number of rotatable bonds is 4. The number of nitro benzene ring substituents is 1. The van der Waals surface area contributed by atoms with Gasteiger partial charge >= 0.3 is 0 Å². The first-order chi connectivity index (χ1) is 14.4. The van der Waals surface area contributed by atoms with E-state index in [-0.39, 0.29) is 11.4 Å². The lowest BCUT2D eigenvalue weighted by molar-refractivity contribution is -0.387. The molecule has 0 radical (unpaired) electrons. The molecule has 8 heteroatoms. The van der Waals surface area contributed by atoms with Gasteiger partial charge in [-0.25, -0.2) is 8.42 Å². The van der Waals surface area contributed by atoms with Crippen LogP contribution in [-0.4, -0.2) is 38.4 Å². The minimum Gasteiger partial charge on any atom is -0.300 e. The lowest BCUT2D eigenvalue weighted by Gasteiger charge is -2.24. The van der Waals surface area contributed by atoms with Crippen molar-refractivity contribution in [2.24, 2.45) is 0 Å². The largest absolute Gasteiger partial charge is 0.300 e. The number of benzene rings is 3. The van der Waals surface area contributed by atoms with Gasteiger partial charge in [0, 0.05) is 25.7 Å². The normalized spacial score (nSPS) is 14.8. The van der Waals surface area contributed by atoms with Crippen LogP contribution in [-0.2, 0) is 16.6 Å². The van der Waals surface area contributed by atoms with Crippen LogP contribution in [0.4, 0.5) is 11.4 Å². The molecule has 0 N–H and O–H groups in total. The maximum atomic E-state index is 13.5. The van der Waals surface area contributed by atoms with E-state index in [0.29, 0.717) is 18.8 Å². The van der Waals surface area contributed by atoms with Crippen molar-refractivity contribution in [2.45, 2.75) is 11.4 Å². The average Bonchev–Trinajstić information content (AvgIpc) is 2.92. The Kier molecular flexibility index (Phi) is 5.27. The summed E-state index contributed by atoms with van der Waals surface area (Å²) < 4.78 is 28.3. The second kappa shape index (κ2) is 7.89. The molecule has 0 amide bonds. The monoisotopic (exact) mass is 423 g/mol. The van der Waals surface area contributed by atoms with Gasteiger partial charge in [0.15, 0.2) is 4.90 Å². The number of likely N-dealkylation sites (N-methyl/N-ethyl adjacent to an activating group) is 1. The summed E-state index contributed by atoms with van der Waals surface area (Å²) in [6.07, 6.45) is 0. The quantitative estimate of drug-likeness (QED) is 0.469. The molecule has 0 fully saturated rings. The average molecular weight is 423 g/mol. The Morgan fingerprint density at radius 2 is 1.60 bits per heavy atom. The predicted octanol–water partition coefficient (Wildman–Crippen LogP) is 3.90. The zero-order valence-electron chi connectivity index (χ0n) is 16.4. The standard InChI is InChI=1S/C22H21N3O4S/c1-23-13-14-24(30(28,29)22-10-6-5-9-21(22)25(26)27)20-12-11-18(15-19(20)16-23)17-7-3-2-4-8-17/h2-12,15H,13-14,16H2,1H3. The zero-order valence-corrected chi connectivity index (χ0v) is 17.2. The molecule has 1 heterocycles. The van der Waals surface area contributed by atoms with Gasteiger partial charge in [0.05, 0.1) is 10.6 Å². The highest BCUT2D eigenvalue weighted by atomic mass is 32.2. The highest BCUT2D eigenvalue weighted by molar-refractivity contribution is 7.93. The van der Waals surface area contributed by atoms with Crippen molar-refractivity contribution in [3.8, 4) is 11.1 Å². The van der Waals surface area contributed by atoms with E-state index in [2.05, 4.69) is 0 Å². The lowest BCUT2D eigenvalue weighted by Crippen LogP contribution is -2.35. The molecule has 0 spiro atoms. The smallest absolute Gasteiger partial charge is 0.289 e. The molecular formula is C22H21N3O4S. The molecule has 7 nitrogen and oxygen atoms in total. The van der Waals surface area contributed by atoms with Crippen LogP contribution in [0.3, 0.4) is 0 Å². The fourth-order valence-electron chi connectivity index (χ4n) is 3.71. The first-order valence-electron chi connectivity index (χ1n) is 9.51. The van der Waals surface area contributed by atoms with Gasteiger partial charge in [-0.3, -0.25) is 14.4 Å². The van der Waals surface area contributed by atoms with Gasteiger partial charge in [0.25, 0.3) is 15.7 Å². The highest BCUT2D eigenvalue weighted by Gasteiger charge is 2.34. The fourth-order valence-corrected chi connectivity index (χ4v) is 5.37. The van der Waals surface area contributed by atoms with E-state index in [9.17, 15) is 18.5 Å². The van der Waals surface area contributed by atoms with E-state index in [0.717, 1.165) is 16.7 Å². The summed E-state index contributed by atoms with van der Waals surface area (Å²) in [5, 5.41) is 11.4. The third kappa shape index (κ3) is 3.67. The minimum absolute atomic E-state index is 0.211. The van der Waals surface area contributed by atoms with Crippen molar-refractivity contribution in [1.29, 1.82) is 0 Å². The molecule has 0 atom stereocenters. The summed E-state index contributed by atoms with van der Waals surface area (Å²) in [5.74, 6) is 0. The molecule has 0 unspecified atom stereocenters.